The molecule has 0 spiro atoms. The quantitative estimate of drug-likeness (QED) is 0.112. The highest BCUT2D eigenvalue weighted by atomic mass is 14.3. The minimum atomic E-state index is 0.0282. The average molecular weight is 663 g/mol. The minimum Gasteiger partial charge on any atom is -0.0616 e. The fourth-order valence-electron chi connectivity index (χ4n) is 10.4. The van der Waals surface area contributed by atoms with E-state index in [0.29, 0.717) is 0 Å². The van der Waals surface area contributed by atoms with Gasteiger partial charge in [-0.25, -0.2) is 0 Å². The Labute approximate surface area is 302 Å². The predicted octanol–water partition coefficient (Wildman–Crippen LogP) is 15.3. The molecular weight excluding hydrogens is 625 g/mol. The van der Waals surface area contributed by atoms with Gasteiger partial charge in [-0.2, -0.15) is 0 Å². The maximum atomic E-state index is 2.53. The Morgan fingerprint density at radius 3 is 0.865 bits per heavy atom. The van der Waals surface area contributed by atoms with Crippen LogP contribution in [0.2, 0.25) is 0 Å². The standard InChI is InChI=1S/C52H38/c1-51(2,3)27-21-23-35-39(25-27)45-31-15-9-7-13-29(31)33-17-12-20-38-41(33)47(45)49-43(35)37-19-11-18-34-30-14-8-10-16-32(30)46-40-26-28(52(4,5)6)22-24-36(40)44(38)50(49)48(46)42(34)37/h7-26H,1-6H3. The van der Waals surface area contributed by atoms with Crippen LogP contribution in [0.15, 0.2) is 121 Å². The van der Waals surface area contributed by atoms with Crippen molar-refractivity contribution in [3.8, 4) is 0 Å². The molecule has 0 aliphatic rings. The normalized spacial score (nSPS) is 13.6. The van der Waals surface area contributed by atoms with E-state index in [0.717, 1.165) is 0 Å². The van der Waals surface area contributed by atoms with Crippen LogP contribution >= 0.6 is 0 Å². The number of hydrogen-bond acceptors (Lipinski definition) is 0. The third-order valence-electron chi connectivity index (χ3n) is 12.7. The highest BCUT2D eigenvalue weighted by Crippen LogP contribution is 2.57. The third-order valence-corrected chi connectivity index (χ3v) is 12.7. The van der Waals surface area contributed by atoms with E-state index in [1.165, 1.54) is 130 Å². The van der Waals surface area contributed by atoms with Crippen molar-refractivity contribution in [2.24, 2.45) is 0 Å². The fourth-order valence-corrected chi connectivity index (χ4v) is 10.4. The van der Waals surface area contributed by atoms with Crippen LogP contribution in [-0.4, -0.2) is 0 Å². The summed E-state index contributed by atoms with van der Waals surface area (Å²) in [6, 6.07) is 47.3. The van der Waals surface area contributed by atoms with Crippen molar-refractivity contribution in [1.82, 2.24) is 0 Å². The second-order valence-corrected chi connectivity index (χ2v) is 17.6. The molecule has 12 aromatic carbocycles. The van der Waals surface area contributed by atoms with E-state index < -0.39 is 0 Å². The molecule has 0 unspecified atom stereocenters. The highest BCUT2D eigenvalue weighted by molar-refractivity contribution is 6.58. The second kappa shape index (κ2) is 9.19. The number of fused-ring (bicyclic) bond motifs is 14. The minimum absolute atomic E-state index is 0.0282. The smallest absolute Gasteiger partial charge is 0.0000480 e. The Kier molecular flexibility index (Phi) is 5.11. The summed E-state index contributed by atoms with van der Waals surface area (Å²) in [6.45, 7) is 14.1. The molecule has 0 saturated heterocycles. The Morgan fingerprint density at radius 2 is 0.500 bits per heavy atom. The molecule has 246 valence electrons. The molecule has 0 aliphatic carbocycles. The largest absolute Gasteiger partial charge is 0.0616 e. The Hall–Kier alpha value is -5.72. The van der Waals surface area contributed by atoms with Gasteiger partial charge in [-0.15, -0.1) is 0 Å². The first kappa shape index (κ1) is 28.9. The van der Waals surface area contributed by atoms with Crippen LogP contribution in [-0.2, 0) is 10.8 Å². The van der Waals surface area contributed by atoms with E-state index in [4.69, 9.17) is 0 Å². The Balaban J connectivity index is 1.55. The molecular formula is C52H38. The molecule has 0 atom stereocenters. The van der Waals surface area contributed by atoms with Crippen molar-refractivity contribution < 1.29 is 0 Å². The lowest BCUT2D eigenvalue weighted by atomic mass is 9.75. The second-order valence-electron chi connectivity index (χ2n) is 17.6. The monoisotopic (exact) mass is 662 g/mol. The van der Waals surface area contributed by atoms with E-state index in [1.54, 1.807) is 0 Å². The zero-order valence-electron chi connectivity index (χ0n) is 30.5. The summed E-state index contributed by atoms with van der Waals surface area (Å²) in [5.74, 6) is 0. The number of hydrogen-bond donors (Lipinski definition) is 0. The van der Waals surface area contributed by atoms with Gasteiger partial charge in [0.25, 0.3) is 0 Å². The summed E-state index contributed by atoms with van der Waals surface area (Å²) in [5, 5.41) is 30.3. The SMILES string of the molecule is CC(C)(C)c1ccc2c(c1)c1c3ccccc3c3cccc4c3c1c1c2c2cccc3c5ccccc5c5c6cc(C(C)(C)C)ccc6c4c1c5c32. The van der Waals surface area contributed by atoms with Crippen LogP contribution < -0.4 is 0 Å². The average Bonchev–Trinajstić information content (AvgIpc) is 3.15. The molecule has 0 heterocycles. The molecule has 0 amide bonds. The molecule has 0 aromatic heterocycles. The van der Waals surface area contributed by atoms with Gasteiger partial charge in [-0.3, -0.25) is 0 Å². The van der Waals surface area contributed by atoms with Crippen LogP contribution in [0.5, 0.6) is 0 Å². The summed E-state index contributed by atoms with van der Waals surface area (Å²) in [6.07, 6.45) is 0. The first-order valence-electron chi connectivity index (χ1n) is 18.9. The van der Waals surface area contributed by atoms with Crippen LogP contribution in [0.4, 0.5) is 0 Å². The third kappa shape index (κ3) is 3.31. The summed E-state index contributed by atoms with van der Waals surface area (Å²) in [7, 11) is 0. The highest BCUT2D eigenvalue weighted by Gasteiger charge is 2.29. The van der Waals surface area contributed by atoms with Crippen LogP contribution in [0, 0.1) is 0 Å². The van der Waals surface area contributed by atoms with Crippen molar-refractivity contribution in [3.63, 3.8) is 0 Å². The van der Waals surface area contributed by atoms with Gasteiger partial charge < -0.3 is 0 Å². The summed E-state index contributed by atoms with van der Waals surface area (Å²) in [4.78, 5) is 0. The zero-order chi connectivity index (χ0) is 35.0. The Morgan fingerprint density at radius 1 is 0.231 bits per heavy atom. The molecule has 0 fully saturated rings. The van der Waals surface area contributed by atoms with E-state index >= 15 is 0 Å². The van der Waals surface area contributed by atoms with Gasteiger partial charge in [0.05, 0.1) is 0 Å². The molecule has 0 saturated carbocycles. The lowest BCUT2D eigenvalue weighted by Gasteiger charge is -2.28. The van der Waals surface area contributed by atoms with E-state index in [2.05, 4.69) is 163 Å². The summed E-state index contributed by atoms with van der Waals surface area (Å²) >= 11 is 0. The molecule has 0 radical (unpaired) electrons. The van der Waals surface area contributed by atoms with Crippen molar-refractivity contribution >= 4 is 118 Å². The van der Waals surface area contributed by atoms with Gasteiger partial charge in [0, 0.05) is 0 Å². The van der Waals surface area contributed by atoms with Crippen molar-refractivity contribution in [2.75, 3.05) is 0 Å². The first-order valence-corrected chi connectivity index (χ1v) is 18.9. The van der Waals surface area contributed by atoms with Crippen molar-refractivity contribution in [3.05, 3.63) is 132 Å². The van der Waals surface area contributed by atoms with Gasteiger partial charge in [0.1, 0.15) is 0 Å². The molecule has 0 heteroatoms. The van der Waals surface area contributed by atoms with E-state index in [-0.39, 0.29) is 10.8 Å². The van der Waals surface area contributed by atoms with Crippen LogP contribution in [0.25, 0.3) is 118 Å². The topological polar surface area (TPSA) is 0 Å². The van der Waals surface area contributed by atoms with Crippen molar-refractivity contribution in [2.45, 2.75) is 52.4 Å². The predicted molar refractivity (Wildman–Crippen MR) is 230 cm³/mol. The van der Waals surface area contributed by atoms with Crippen molar-refractivity contribution in [1.29, 1.82) is 0 Å². The van der Waals surface area contributed by atoms with Crippen LogP contribution in [0.3, 0.4) is 0 Å². The van der Waals surface area contributed by atoms with Gasteiger partial charge >= 0.3 is 0 Å². The molecule has 0 bridgehead atoms. The van der Waals surface area contributed by atoms with Gasteiger partial charge in [-0.05, 0) is 153 Å². The molecule has 12 rings (SSSR count). The number of rotatable bonds is 0. The maximum Gasteiger partial charge on any atom is -0.0000480 e. The van der Waals surface area contributed by atoms with Gasteiger partial charge in [0.2, 0.25) is 0 Å². The fraction of sp³-hybridized carbons (Fsp3) is 0.154. The Bertz CT molecular complexity index is 3270. The lowest BCUT2D eigenvalue weighted by molar-refractivity contribution is 0.591. The maximum absolute atomic E-state index is 2.53. The molecule has 52 heavy (non-hydrogen) atoms. The van der Waals surface area contributed by atoms with E-state index in [9.17, 15) is 0 Å². The molecule has 12 aromatic rings. The molecule has 0 aliphatic heterocycles. The van der Waals surface area contributed by atoms with Gasteiger partial charge in [-0.1, -0.05) is 151 Å². The van der Waals surface area contributed by atoms with Gasteiger partial charge in [0.15, 0.2) is 0 Å². The lowest BCUT2D eigenvalue weighted by Crippen LogP contribution is -2.11. The molecule has 0 N–H and O–H groups in total. The molecule has 0 nitrogen and oxygen atoms in total. The summed E-state index contributed by atoms with van der Waals surface area (Å²) < 4.78 is 0. The number of benzene rings is 12. The van der Waals surface area contributed by atoms with E-state index in [1.807, 2.05) is 0 Å². The van der Waals surface area contributed by atoms with Crippen LogP contribution in [0.1, 0.15) is 52.7 Å². The zero-order valence-corrected chi connectivity index (χ0v) is 30.5. The first-order chi connectivity index (χ1) is 25.1. The summed E-state index contributed by atoms with van der Waals surface area (Å²) in [5.41, 5.74) is 2.81.